The Bertz CT molecular complexity index is 5300. The second-order valence-corrected chi connectivity index (χ2v) is 28.0. The van der Waals surface area contributed by atoms with Crippen molar-refractivity contribution in [3.8, 4) is 0 Å². The van der Waals surface area contributed by atoms with Crippen molar-refractivity contribution >= 4 is 169 Å². The number of para-hydroxylation sites is 4. The zero-order valence-electron chi connectivity index (χ0n) is 55.5. The molecule has 0 unspecified atom stereocenters. The summed E-state index contributed by atoms with van der Waals surface area (Å²) in [6, 6.07) is 142. The van der Waals surface area contributed by atoms with Crippen molar-refractivity contribution in [1.82, 2.24) is 0 Å². The number of hydrogen-bond acceptors (Lipinski definition) is 8. The van der Waals surface area contributed by atoms with Crippen LogP contribution in [0.4, 0.5) is 102 Å². The van der Waals surface area contributed by atoms with Crippen LogP contribution in [0.1, 0.15) is 0 Å². The van der Waals surface area contributed by atoms with E-state index >= 15 is 0 Å². The van der Waals surface area contributed by atoms with E-state index in [4.69, 9.17) is 0 Å². The van der Waals surface area contributed by atoms with E-state index in [9.17, 15) is 0 Å². The zero-order chi connectivity index (χ0) is 67.5. The Morgan fingerprint density at radius 1 is 0.157 bits per heavy atom. The summed E-state index contributed by atoms with van der Waals surface area (Å²) < 4.78 is 0. The van der Waals surface area contributed by atoms with Crippen molar-refractivity contribution in [1.29, 1.82) is 0 Å². The first-order chi connectivity index (χ1) is 50.5. The fourth-order valence-electron chi connectivity index (χ4n) is 14.8. The predicted octanol–water partition coefficient (Wildman–Crippen LogP) is 28.0. The van der Waals surface area contributed by atoms with E-state index in [1.54, 1.807) is 0 Å². The molecule has 0 radical (unpaired) electrons. The molecule has 0 saturated carbocycles. The highest BCUT2D eigenvalue weighted by atomic mass is 32.2. The van der Waals surface area contributed by atoms with Crippen molar-refractivity contribution < 1.29 is 0 Å². The maximum Gasteiger partial charge on any atom is 0.0603 e. The van der Waals surface area contributed by atoms with Crippen molar-refractivity contribution in [3.63, 3.8) is 0 Å². The van der Waals surface area contributed by atoms with Gasteiger partial charge in [0.2, 0.25) is 0 Å². The Morgan fingerprint density at radius 3 is 0.588 bits per heavy atom. The molecule has 6 nitrogen and oxygen atoms in total. The highest BCUT2D eigenvalue weighted by Crippen LogP contribution is 2.58. The molecule has 19 rings (SSSR count). The van der Waals surface area contributed by atoms with Crippen molar-refractivity contribution in [3.05, 3.63) is 388 Å². The van der Waals surface area contributed by atoms with Crippen LogP contribution in [0.15, 0.2) is 408 Å². The molecule has 0 fully saturated rings. The third kappa shape index (κ3) is 11.2. The summed E-state index contributed by atoms with van der Waals surface area (Å²) >= 11 is 3.66. The molecule has 0 N–H and O–H groups in total. The van der Waals surface area contributed by atoms with E-state index in [1.165, 1.54) is 43.1 Å². The molecule has 8 heteroatoms. The van der Waals surface area contributed by atoms with E-state index < -0.39 is 0 Å². The van der Waals surface area contributed by atoms with Gasteiger partial charge in [-0.05, 0) is 237 Å². The first-order valence-corrected chi connectivity index (χ1v) is 36.2. The van der Waals surface area contributed by atoms with E-state index in [2.05, 4.69) is 418 Å². The second kappa shape index (κ2) is 25.9. The Hall–Kier alpha value is -12.7. The van der Waals surface area contributed by atoms with Gasteiger partial charge in [-0.2, -0.15) is 0 Å². The molecular formula is C94H64N6S2. The van der Waals surface area contributed by atoms with Crippen LogP contribution in [0.2, 0.25) is 0 Å². The molecular weight excluding hydrogens is 1280 g/mol. The van der Waals surface area contributed by atoms with Crippen LogP contribution in [0.5, 0.6) is 0 Å². The van der Waals surface area contributed by atoms with Gasteiger partial charge in [0.05, 0.1) is 22.7 Å². The Morgan fingerprint density at radius 2 is 0.353 bits per heavy atom. The first-order valence-electron chi connectivity index (χ1n) is 34.5. The molecule has 2 heterocycles. The van der Waals surface area contributed by atoms with Crippen molar-refractivity contribution in [2.75, 3.05) is 29.4 Å². The number of benzene rings is 17. The molecule has 17 aromatic rings. The average Bonchev–Trinajstić information content (AvgIpc) is 0.739. The fraction of sp³-hybridized carbons (Fsp3) is 0. The fourth-order valence-corrected chi connectivity index (χ4v) is 17.0. The molecule has 0 amide bonds. The van der Waals surface area contributed by atoms with Crippen LogP contribution in [0, 0.1) is 0 Å². The maximum atomic E-state index is 2.46. The van der Waals surface area contributed by atoms with Gasteiger partial charge >= 0.3 is 0 Å². The molecule has 17 aromatic carbocycles. The quantitative estimate of drug-likeness (QED) is 0.106. The number of fused-ring (bicyclic) bond motifs is 8. The van der Waals surface area contributed by atoms with Gasteiger partial charge in [0.15, 0.2) is 0 Å². The van der Waals surface area contributed by atoms with Crippen LogP contribution >= 0.6 is 23.5 Å². The van der Waals surface area contributed by atoms with Crippen molar-refractivity contribution in [2.24, 2.45) is 0 Å². The monoisotopic (exact) mass is 1340 g/mol. The van der Waals surface area contributed by atoms with Gasteiger partial charge in [0, 0.05) is 99.2 Å². The summed E-state index contributed by atoms with van der Waals surface area (Å²) in [5.74, 6) is 0. The minimum absolute atomic E-state index is 1.05. The topological polar surface area (TPSA) is 19.4 Å². The molecule has 2 aliphatic heterocycles. The minimum atomic E-state index is 1.05. The van der Waals surface area contributed by atoms with Crippen LogP contribution < -0.4 is 29.4 Å². The lowest BCUT2D eigenvalue weighted by Gasteiger charge is -2.37. The molecule has 0 saturated heterocycles. The normalized spacial score (nSPS) is 12.2. The molecule has 0 aliphatic carbocycles. The molecule has 2 aliphatic rings. The first kappa shape index (κ1) is 60.5. The van der Waals surface area contributed by atoms with Gasteiger partial charge < -0.3 is 29.4 Å². The number of rotatable bonds is 14. The molecule has 0 spiro atoms. The van der Waals surface area contributed by atoms with E-state index in [0.717, 1.165) is 122 Å². The summed E-state index contributed by atoms with van der Waals surface area (Å²) in [6.07, 6.45) is 0. The van der Waals surface area contributed by atoms with Gasteiger partial charge in [-0.25, -0.2) is 0 Å². The lowest BCUT2D eigenvalue weighted by atomic mass is 10.1. The van der Waals surface area contributed by atoms with Crippen molar-refractivity contribution in [2.45, 2.75) is 19.6 Å². The third-order valence-corrected chi connectivity index (χ3v) is 21.8. The second-order valence-electron chi connectivity index (χ2n) is 25.8. The Labute approximate surface area is 602 Å². The minimum Gasteiger partial charge on any atom is -0.310 e. The smallest absolute Gasteiger partial charge is 0.0603 e. The van der Waals surface area contributed by atoms with E-state index in [0.29, 0.717) is 0 Å². The van der Waals surface area contributed by atoms with Gasteiger partial charge in [0.25, 0.3) is 0 Å². The van der Waals surface area contributed by atoms with Gasteiger partial charge in [-0.3, -0.25) is 0 Å². The lowest BCUT2D eigenvalue weighted by molar-refractivity contribution is 1.14. The molecule has 102 heavy (non-hydrogen) atoms. The zero-order valence-corrected chi connectivity index (χ0v) is 57.1. The van der Waals surface area contributed by atoms with Gasteiger partial charge in [-0.1, -0.05) is 218 Å². The van der Waals surface area contributed by atoms with Gasteiger partial charge in [0.1, 0.15) is 0 Å². The summed E-state index contributed by atoms with van der Waals surface area (Å²) in [5.41, 5.74) is 19.5. The number of anilines is 18. The van der Waals surface area contributed by atoms with E-state index in [-0.39, 0.29) is 0 Å². The number of hydrogen-bond donors (Lipinski definition) is 0. The highest BCUT2D eigenvalue weighted by Gasteiger charge is 2.32. The molecule has 0 atom stereocenters. The Kier molecular flexibility index (Phi) is 15.3. The summed E-state index contributed by atoms with van der Waals surface area (Å²) in [4.78, 5) is 19.1. The summed E-state index contributed by atoms with van der Waals surface area (Å²) in [5, 5.41) is 9.60. The summed E-state index contributed by atoms with van der Waals surface area (Å²) in [7, 11) is 0. The molecule has 0 aromatic heterocycles. The maximum absolute atomic E-state index is 2.46. The average molecular weight is 1340 g/mol. The molecule has 482 valence electrons. The predicted molar refractivity (Wildman–Crippen MR) is 433 cm³/mol. The highest BCUT2D eigenvalue weighted by molar-refractivity contribution is 8.00. The SMILES string of the molecule is c1ccc(N(c2ccc3c(c2)Sc2cc(N(c4ccccc4)c4ccc5ccccc5c4)ccc2N3c2ccc(N3c4ccc(N(c5ccccc5)c5ccc6ccccc6c5)cc4Sc4cc(N(c5ccccc5)c5ccc6ccccc6c5)ccc43)cc2)c2ccc3ccccc3c2)cc1. The Balaban J connectivity index is 0.764. The standard InChI is InChI=1S/C94H64N6S2/c1-5-29-73(30-6-1)95(79-41-37-65-21-13-17-25-69(65)57-79)83-49-53-87-91(61-83)101-92-62-84(96(74-31-7-2-8-32-74)80-42-38-66-22-14-18-26-70(66)58-80)50-54-88(92)99(87)77-45-47-78(48-46-77)100-89-55-51-85(97(75-33-9-3-10-34-75)81-43-39-67-23-15-19-27-71(67)59-81)63-93(89)102-94-64-86(52-56-90(94)100)98(76-35-11-4-12-36-76)82-44-40-68-24-16-20-28-72(68)60-82/h1-64H. The van der Waals surface area contributed by atoms with Crippen LogP contribution in [0.3, 0.4) is 0 Å². The van der Waals surface area contributed by atoms with Crippen LogP contribution in [-0.2, 0) is 0 Å². The van der Waals surface area contributed by atoms with E-state index in [1.807, 2.05) is 23.5 Å². The number of nitrogens with zero attached hydrogens (tertiary/aromatic N) is 6. The molecule has 0 bridgehead atoms. The van der Waals surface area contributed by atoms with Crippen LogP contribution in [-0.4, -0.2) is 0 Å². The summed E-state index contributed by atoms with van der Waals surface area (Å²) in [6.45, 7) is 0. The third-order valence-electron chi connectivity index (χ3n) is 19.6. The van der Waals surface area contributed by atoms with Crippen LogP contribution in [0.25, 0.3) is 43.1 Å². The largest absolute Gasteiger partial charge is 0.310 e. The van der Waals surface area contributed by atoms with Gasteiger partial charge in [-0.15, -0.1) is 0 Å². The lowest BCUT2D eigenvalue weighted by Crippen LogP contribution is -2.18.